The molecule has 80 valence electrons. The second-order valence-electron chi connectivity index (χ2n) is 4.79. The monoisotopic (exact) mass is 188 g/mol. The summed E-state index contributed by atoms with van der Waals surface area (Å²) in [5.41, 5.74) is 0.296. The minimum absolute atomic E-state index is 0.283. The molecule has 0 aliphatic carbocycles. The van der Waals surface area contributed by atoms with Gasteiger partial charge in [0.2, 0.25) is 0 Å². The zero-order chi connectivity index (χ0) is 10.3. The van der Waals surface area contributed by atoms with Crippen LogP contribution in [0.25, 0.3) is 0 Å². The van der Waals surface area contributed by atoms with Crippen LogP contribution in [0.2, 0.25) is 0 Å². The average molecular weight is 188 g/mol. The first kappa shape index (κ1) is 12.9. The summed E-state index contributed by atoms with van der Waals surface area (Å²) in [5.74, 6) is 0.617. The molecule has 0 atom stereocenters. The molecule has 0 amide bonds. The van der Waals surface area contributed by atoms with E-state index in [9.17, 15) is 0 Å². The smallest absolute Gasteiger partial charge is 0.0431 e. The van der Waals surface area contributed by atoms with Crippen molar-refractivity contribution in [2.24, 2.45) is 11.3 Å². The van der Waals surface area contributed by atoms with E-state index in [0.717, 1.165) is 25.7 Å². The van der Waals surface area contributed by atoms with E-state index in [1.165, 1.54) is 0 Å². The molecule has 2 N–H and O–H groups in total. The van der Waals surface area contributed by atoms with Crippen molar-refractivity contribution in [3.8, 4) is 0 Å². The van der Waals surface area contributed by atoms with Crippen LogP contribution in [0.3, 0.4) is 0 Å². The summed E-state index contributed by atoms with van der Waals surface area (Å²) >= 11 is 0. The van der Waals surface area contributed by atoms with Crippen molar-refractivity contribution >= 4 is 0 Å². The van der Waals surface area contributed by atoms with Crippen molar-refractivity contribution in [1.82, 2.24) is 0 Å². The Morgan fingerprint density at radius 2 is 1.31 bits per heavy atom. The number of aliphatic hydroxyl groups excluding tert-OH is 2. The Morgan fingerprint density at radius 3 is 1.54 bits per heavy atom. The van der Waals surface area contributed by atoms with Crippen molar-refractivity contribution in [3.63, 3.8) is 0 Å². The van der Waals surface area contributed by atoms with Gasteiger partial charge in [-0.1, -0.05) is 20.8 Å². The average Bonchev–Trinajstić information content (AvgIpc) is 2.02. The lowest BCUT2D eigenvalue weighted by molar-refractivity contribution is 0.171. The highest BCUT2D eigenvalue weighted by Crippen LogP contribution is 2.33. The van der Waals surface area contributed by atoms with Crippen LogP contribution >= 0.6 is 0 Å². The highest BCUT2D eigenvalue weighted by atomic mass is 16.3. The normalized spacial score (nSPS) is 12.5. The predicted molar refractivity (Wildman–Crippen MR) is 55.6 cm³/mol. The minimum atomic E-state index is 0.283. The molecule has 13 heavy (non-hydrogen) atoms. The second kappa shape index (κ2) is 6.39. The van der Waals surface area contributed by atoms with E-state index in [2.05, 4.69) is 20.8 Å². The topological polar surface area (TPSA) is 40.5 Å². The molecule has 0 fully saturated rings. The Labute approximate surface area is 82.0 Å². The summed E-state index contributed by atoms with van der Waals surface area (Å²) < 4.78 is 0. The molecule has 2 nitrogen and oxygen atoms in total. The molecule has 0 saturated heterocycles. The van der Waals surface area contributed by atoms with Gasteiger partial charge in [0.1, 0.15) is 0 Å². The summed E-state index contributed by atoms with van der Waals surface area (Å²) in [6, 6.07) is 0. The SMILES string of the molecule is CC(C)(C)C(CCCO)CCCO. The Hall–Kier alpha value is -0.0800. The summed E-state index contributed by atoms with van der Waals surface area (Å²) in [6.45, 7) is 7.25. The van der Waals surface area contributed by atoms with E-state index in [1.807, 2.05) is 0 Å². The minimum Gasteiger partial charge on any atom is -0.396 e. The van der Waals surface area contributed by atoms with Crippen molar-refractivity contribution in [3.05, 3.63) is 0 Å². The van der Waals surface area contributed by atoms with E-state index in [1.54, 1.807) is 0 Å². The fourth-order valence-electron chi connectivity index (χ4n) is 1.69. The van der Waals surface area contributed by atoms with E-state index in [0.29, 0.717) is 11.3 Å². The van der Waals surface area contributed by atoms with Gasteiger partial charge in [-0.05, 0) is 37.0 Å². The van der Waals surface area contributed by atoms with Gasteiger partial charge in [-0.2, -0.15) is 0 Å². The highest BCUT2D eigenvalue weighted by molar-refractivity contribution is 4.73. The summed E-state index contributed by atoms with van der Waals surface area (Å²) in [4.78, 5) is 0. The largest absolute Gasteiger partial charge is 0.396 e. The van der Waals surface area contributed by atoms with Gasteiger partial charge in [0, 0.05) is 13.2 Å². The zero-order valence-electron chi connectivity index (χ0n) is 9.21. The van der Waals surface area contributed by atoms with Crippen LogP contribution in [0.4, 0.5) is 0 Å². The summed E-state index contributed by atoms with van der Waals surface area (Å²) in [5, 5.41) is 17.5. The lowest BCUT2D eigenvalue weighted by Gasteiger charge is -2.30. The third-order valence-electron chi connectivity index (χ3n) is 2.65. The Kier molecular flexibility index (Phi) is 6.35. The Morgan fingerprint density at radius 1 is 0.923 bits per heavy atom. The second-order valence-corrected chi connectivity index (χ2v) is 4.79. The number of aliphatic hydroxyl groups is 2. The van der Waals surface area contributed by atoms with Crippen LogP contribution in [0.15, 0.2) is 0 Å². The maximum atomic E-state index is 8.76. The van der Waals surface area contributed by atoms with Crippen LogP contribution in [-0.2, 0) is 0 Å². The van der Waals surface area contributed by atoms with Gasteiger partial charge in [0.25, 0.3) is 0 Å². The van der Waals surface area contributed by atoms with Crippen molar-refractivity contribution in [2.75, 3.05) is 13.2 Å². The van der Waals surface area contributed by atoms with E-state index >= 15 is 0 Å². The van der Waals surface area contributed by atoms with Gasteiger partial charge in [-0.15, -0.1) is 0 Å². The van der Waals surface area contributed by atoms with Gasteiger partial charge < -0.3 is 10.2 Å². The lowest BCUT2D eigenvalue weighted by atomic mass is 9.76. The van der Waals surface area contributed by atoms with Gasteiger partial charge in [0.15, 0.2) is 0 Å². The van der Waals surface area contributed by atoms with Crippen LogP contribution in [0, 0.1) is 11.3 Å². The van der Waals surface area contributed by atoms with E-state index in [-0.39, 0.29) is 13.2 Å². The van der Waals surface area contributed by atoms with Crippen molar-refractivity contribution in [2.45, 2.75) is 46.5 Å². The molecule has 0 rings (SSSR count). The molecule has 2 heteroatoms. The van der Waals surface area contributed by atoms with Crippen LogP contribution in [0.5, 0.6) is 0 Å². The maximum Gasteiger partial charge on any atom is 0.0431 e. The molecular weight excluding hydrogens is 164 g/mol. The van der Waals surface area contributed by atoms with Gasteiger partial charge in [0.05, 0.1) is 0 Å². The van der Waals surface area contributed by atoms with Gasteiger partial charge >= 0.3 is 0 Å². The third-order valence-corrected chi connectivity index (χ3v) is 2.65. The molecule has 0 unspecified atom stereocenters. The molecule has 0 spiro atoms. The third kappa shape index (κ3) is 6.05. The molecule has 0 aliphatic rings. The molecule has 0 radical (unpaired) electrons. The standard InChI is InChI=1S/C11H24O2/c1-11(2,3)10(6-4-8-12)7-5-9-13/h10,12-13H,4-9H2,1-3H3. The van der Waals surface area contributed by atoms with Gasteiger partial charge in [-0.25, -0.2) is 0 Å². The quantitative estimate of drug-likeness (QED) is 0.671. The van der Waals surface area contributed by atoms with Crippen LogP contribution in [-0.4, -0.2) is 23.4 Å². The summed E-state index contributed by atoms with van der Waals surface area (Å²) in [6.07, 6.45) is 3.90. The highest BCUT2D eigenvalue weighted by Gasteiger charge is 2.23. The maximum absolute atomic E-state index is 8.76. The molecule has 0 aromatic heterocycles. The summed E-state index contributed by atoms with van der Waals surface area (Å²) in [7, 11) is 0. The first-order valence-electron chi connectivity index (χ1n) is 5.24. The van der Waals surface area contributed by atoms with E-state index in [4.69, 9.17) is 10.2 Å². The molecule has 0 bridgehead atoms. The Balaban J connectivity index is 3.88. The fourth-order valence-corrected chi connectivity index (χ4v) is 1.69. The zero-order valence-corrected chi connectivity index (χ0v) is 9.21. The number of hydrogen-bond donors (Lipinski definition) is 2. The lowest BCUT2D eigenvalue weighted by Crippen LogP contribution is -2.21. The van der Waals surface area contributed by atoms with Gasteiger partial charge in [-0.3, -0.25) is 0 Å². The predicted octanol–water partition coefficient (Wildman–Crippen LogP) is 2.19. The first-order chi connectivity index (χ1) is 6.02. The number of hydrogen-bond acceptors (Lipinski definition) is 2. The Bertz CT molecular complexity index is 108. The molecule has 0 heterocycles. The fraction of sp³-hybridized carbons (Fsp3) is 1.00. The molecule has 0 aliphatic heterocycles. The van der Waals surface area contributed by atoms with Crippen LogP contribution < -0.4 is 0 Å². The molecule has 0 saturated carbocycles. The van der Waals surface area contributed by atoms with Crippen molar-refractivity contribution < 1.29 is 10.2 Å². The first-order valence-corrected chi connectivity index (χ1v) is 5.24. The van der Waals surface area contributed by atoms with Crippen LogP contribution in [0.1, 0.15) is 46.5 Å². The number of rotatable bonds is 6. The van der Waals surface area contributed by atoms with E-state index < -0.39 is 0 Å². The molecule has 0 aromatic rings. The van der Waals surface area contributed by atoms with Crippen molar-refractivity contribution in [1.29, 1.82) is 0 Å². The molecular formula is C11H24O2. The molecule has 0 aromatic carbocycles.